The molecule has 7 heteroatoms. The standard InChI is InChI=1S/C25H23FN4OS/c26-20-7-3-19(4-8-20)17-32-25-23(2-1-13-28-25)24(31)29-21-11-14-30(15-12-21)22-9-5-18(16-27)6-10-22/h1-10,13,21H,11-12,14-15,17H2,(H,29,31). The van der Waals surface area contributed by atoms with Crippen molar-refractivity contribution >= 4 is 23.4 Å². The lowest BCUT2D eigenvalue weighted by Crippen LogP contribution is -2.44. The fourth-order valence-corrected chi connectivity index (χ4v) is 4.65. The molecule has 0 spiro atoms. The highest BCUT2D eigenvalue weighted by Crippen LogP contribution is 2.25. The van der Waals surface area contributed by atoms with Crippen molar-refractivity contribution in [1.29, 1.82) is 5.26 Å². The van der Waals surface area contributed by atoms with E-state index in [0.717, 1.165) is 37.2 Å². The van der Waals surface area contributed by atoms with Crippen molar-refractivity contribution in [3.63, 3.8) is 0 Å². The highest BCUT2D eigenvalue weighted by atomic mass is 32.2. The van der Waals surface area contributed by atoms with Crippen molar-refractivity contribution in [2.75, 3.05) is 18.0 Å². The highest BCUT2D eigenvalue weighted by molar-refractivity contribution is 7.98. The molecule has 0 saturated carbocycles. The number of pyridine rings is 1. The van der Waals surface area contributed by atoms with Gasteiger partial charge in [-0.15, -0.1) is 11.8 Å². The molecule has 0 atom stereocenters. The Morgan fingerprint density at radius 3 is 2.53 bits per heavy atom. The molecule has 0 aliphatic carbocycles. The number of nitriles is 1. The molecule has 1 N–H and O–H groups in total. The molecule has 4 rings (SSSR count). The van der Waals surface area contributed by atoms with Gasteiger partial charge in [-0.2, -0.15) is 5.26 Å². The number of hydrogen-bond donors (Lipinski definition) is 1. The molecule has 3 aromatic rings. The number of amides is 1. The number of nitrogens with one attached hydrogen (secondary N) is 1. The van der Waals surface area contributed by atoms with Crippen molar-refractivity contribution in [3.8, 4) is 6.07 Å². The van der Waals surface area contributed by atoms with Gasteiger partial charge in [0, 0.05) is 36.8 Å². The molecule has 5 nitrogen and oxygen atoms in total. The van der Waals surface area contributed by atoms with E-state index in [4.69, 9.17) is 5.26 Å². The van der Waals surface area contributed by atoms with E-state index >= 15 is 0 Å². The second kappa shape index (κ2) is 10.3. The first-order valence-electron chi connectivity index (χ1n) is 10.5. The largest absolute Gasteiger partial charge is 0.371 e. The van der Waals surface area contributed by atoms with Gasteiger partial charge in [-0.3, -0.25) is 4.79 Å². The summed E-state index contributed by atoms with van der Waals surface area (Å²) < 4.78 is 13.1. The average molecular weight is 447 g/mol. The maximum absolute atomic E-state index is 13.1. The molecule has 32 heavy (non-hydrogen) atoms. The zero-order valence-corrected chi connectivity index (χ0v) is 18.3. The van der Waals surface area contributed by atoms with Crippen molar-refractivity contribution in [3.05, 3.63) is 89.4 Å². The fourth-order valence-electron chi connectivity index (χ4n) is 3.70. The molecule has 1 saturated heterocycles. The number of benzene rings is 2. The first kappa shape index (κ1) is 21.8. The zero-order chi connectivity index (χ0) is 22.3. The minimum Gasteiger partial charge on any atom is -0.371 e. The Morgan fingerprint density at radius 1 is 1.12 bits per heavy atom. The molecule has 0 bridgehead atoms. The van der Waals surface area contributed by atoms with Gasteiger partial charge in [0.2, 0.25) is 0 Å². The molecule has 0 unspecified atom stereocenters. The van der Waals surface area contributed by atoms with Crippen LogP contribution in [0.5, 0.6) is 0 Å². The second-order valence-electron chi connectivity index (χ2n) is 7.66. The molecule has 2 aromatic carbocycles. The molecular weight excluding hydrogens is 423 g/mol. The van der Waals surface area contributed by atoms with Gasteiger partial charge in [0.1, 0.15) is 10.8 Å². The van der Waals surface area contributed by atoms with Gasteiger partial charge in [-0.25, -0.2) is 9.37 Å². The highest BCUT2D eigenvalue weighted by Gasteiger charge is 2.22. The van der Waals surface area contributed by atoms with Crippen LogP contribution < -0.4 is 10.2 Å². The molecule has 1 aliphatic rings. The maximum Gasteiger partial charge on any atom is 0.254 e. The van der Waals surface area contributed by atoms with E-state index in [1.54, 1.807) is 30.5 Å². The number of carbonyl (C=O) groups is 1. The van der Waals surface area contributed by atoms with Gasteiger partial charge in [-0.1, -0.05) is 12.1 Å². The Morgan fingerprint density at radius 2 is 1.84 bits per heavy atom. The molecule has 162 valence electrons. The van der Waals surface area contributed by atoms with E-state index in [-0.39, 0.29) is 17.8 Å². The van der Waals surface area contributed by atoms with Crippen LogP contribution in [0.4, 0.5) is 10.1 Å². The summed E-state index contributed by atoms with van der Waals surface area (Å²) in [6, 6.07) is 19.8. The van der Waals surface area contributed by atoms with E-state index < -0.39 is 0 Å². The quantitative estimate of drug-likeness (QED) is 0.552. The zero-order valence-electron chi connectivity index (χ0n) is 17.5. The normalized spacial score (nSPS) is 14.1. The van der Waals surface area contributed by atoms with Gasteiger partial charge in [0.25, 0.3) is 5.91 Å². The molecule has 2 heterocycles. The van der Waals surface area contributed by atoms with Crippen LogP contribution in [0.2, 0.25) is 0 Å². The van der Waals surface area contributed by atoms with Crippen LogP contribution in [0.15, 0.2) is 71.9 Å². The fraction of sp³-hybridized carbons (Fsp3) is 0.240. The van der Waals surface area contributed by atoms with Crippen LogP contribution in [0.1, 0.15) is 34.3 Å². The summed E-state index contributed by atoms with van der Waals surface area (Å²) in [5, 5.41) is 12.8. The maximum atomic E-state index is 13.1. The Labute approximate surface area is 191 Å². The third-order valence-electron chi connectivity index (χ3n) is 5.50. The molecule has 1 fully saturated rings. The van der Waals surface area contributed by atoms with Crippen molar-refractivity contribution < 1.29 is 9.18 Å². The Hall–Kier alpha value is -3.37. The number of piperidine rings is 1. The van der Waals surface area contributed by atoms with Crippen molar-refractivity contribution in [2.45, 2.75) is 29.7 Å². The van der Waals surface area contributed by atoms with Gasteiger partial charge >= 0.3 is 0 Å². The predicted molar refractivity (Wildman–Crippen MR) is 124 cm³/mol. The number of anilines is 1. The summed E-state index contributed by atoms with van der Waals surface area (Å²) in [5.41, 5.74) is 3.29. The third kappa shape index (κ3) is 5.45. The topological polar surface area (TPSA) is 69.0 Å². The lowest BCUT2D eigenvalue weighted by Gasteiger charge is -2.34. The van der Waals surface area contributed by atoms with Crippen molar-refractivity contribution in [1.82, 2.24) is 10.3 Å². The van der Waals surface area contributed by atoms with Gasteiger partial charge < -0.3 is 10.2 Å². The number of aromatic nitrogens is 1. The van der Waals surface area contributed by atoms with Crippen LogP contribution in [-0.2, 0) is 5.75 Å². The summed E-state index contributed by atoms with van der Waals surface area (Å²) in [6.07, 6.45) is 3.38. The van der Waals surface area contributed by atoms with Gasteiger partial charge in [0.15, 0.2) is 0 Å². The second-order valence-corrected chi connectivity index (χ2v) is 8.63. The van der Waals surface area contributed by atoms with Crippen LogP contribution in [0.25, 0.3) is 0 Å². The minimum atomic E-state index is -0.262. The monoisotopic (exact) mass is 446 g/mol. The van der Waals surface area contributed by atoms with Crippen LogP contribution in [0.3, 0.4) is 0 Å². The predicted octanol–water partition coefficient (Wildman–Crippen LogP) is 4.78. The molecular formula is C25H23FN4OS. The Balaban J connectivity index is 1.33. The number of hydrogen-bond acceptors (Lipinski definition) is 5. The van der Waals surface area contributed by atoms with E-state index in [1.807, 2.05) is 24.3 Å². The Kier molecular flexibility index (Phi) is 7.03. The van der Waals surface area contributed by atoms with Gasteiger partial charge in [0.05, 0.1) is 17.2 Å². The summed E-state index contributed by atoms with van der Waals surface area (Å²) in [5.74, 6) is 0.235. The smallest absolute Gasteiger partial charge is 0.254 e. The van der Waals surface area contributed by atoms with E-state index in [2.05, 4.69) is 21.3 Å². The number of thioether (sulfide) groups is 1. The molecule has 1 aromatic heterocycles. The number of nitrogens with zero attached hydrogens (tertiary/aromatic N) is 3. The molecule has 1 aliphatic heterocycles. The van der Waals surface area contributed by atoms with Crippen LogP contribution >= 0.6 is 11.8 Å². The number of halogens is 1. The molecule has 0 radical (unpaired) electrons. The van der Waals surface area contributed by atoms with E-state index in [9.17, 15) is 9.18 Å². The average Bonchev–Trinajstić information content (AvgIpc) is 2.84. The summed E-state index contributed by atoms with van der Waals surface area (Å²) >= 11 is 1.47. The number of carbonyl (C=O) groups excluding carboxylic acids is 1. The number of rotatable bonds is 6. The Bertz CT molecular complexity index is 1100. The summed E-state index contributed by atoms with van der Waals surface area (Å²) in [4.78, 5) is 19.6. The van der Waals surface area contributed by atoms with Gasteiger partial charge in [-0.05, 0) is 66.9 Å². The lowest BCUT2D eigenvalue weighted by atomic mass is 10.0. The van der Waals surface area contributed by atoms with E-state index in [1.165, 1.54) is 23.9 Å². The summed E-state index contributed by atoms with van der Waals surface area (Å²) in [7, 11) is 0. The van der Waals surface area contributed by atoms with Crippen LogP contribution in [-0.4, -0.2) is 30.0 Å². The van der Waals surface area contributed by atoms with E-state index in [0.29, 0.717) is 21.9 Å². The third-order valence-corrected chi connectivity index (χ3v) is 6.57. The molecule has 1 amide bonds. The first-order chi connectivity index (χ1) is 15.6. The summed E-state index contributed by atoms with van der Waals surface area (Å²) in [6.45, 7) is 1.69. The lowest BCUT2D eigenvalue weighted by molar-refractivity contribution is 0.0927. The van der Waals surface area contributed by atoms with Crippen molar-refractivity contribution in [2.24, 2.45) is 0 Å². The minimum absolute atomic E-state index is 0.104. The SMILES string of the molecule is N#Cc1ccc(N2CCC(NC(=O)c3cccnc3SCc3ccc(F)cc3)CC2)cc1. The van der Waals surface area contributed by atoms with Crippen LogP contribution in [0, 0.1) is 17.1 Å². The first-order valence-corrected chi connectivity index (χ1v) is 11.5.